The van der Waals surface area contributed by atoms with Gasteiger partial charge in [0, 0.05) is 6.42 Å². The van der Waals surface area contributed by atoms with Crippen LogP contribution in [0.3, 0.4) is 0 Å². The molecule has 0 spiro atoms. The van der Waals surface area contributed by atoms with E-state index < -0.39 is 36.0 Å². The molecule has 0 aliphatic rings. The zero-order chi connectivity index (χ0) is 21.8. The second kappa shape index (κ2) is 12.4. The summed E-state index contributed by atoms with van der Waals surface area (Å²) in [5, 5.41) is 7.49. The Balaban J connectivity index is 2.82. The van der Waals surface area contributed by atoms with Gasteiger partial charge >= 0.3 is 12.1 Å². The Bertz CT molecular complexity index is 693. The van der Waals surface area contributed by atoms with Crippen molar-refractivity contribution in [3.05, 3.63) is 35.9 Å². The Morgan fingerprint density at radius 3 is 2.14 bits per heavy atom. The minimum Gasteiger partial charge on any atom is -0.467 e. The van der Waals surface area contributed by atoms with E-state index in [1.165, 1.54) is 14.2 Å². The molecule has 0 bridgehead atoms. The molecule has 1 aromatic rings. The first-order valence-electron chi connectivity index (χ1n) is 9.30. The van der Waals surface area contributed by atoms with Gasteiger partial charge in [-0.1, -0.05) is 44.2 Å². The van der Waals surface area contributed by atoms with Crippen LogP contribution in [0.15, 0.2) is 30.3 Å². The smallest absolute Gasteiger partial charge is 0.407 e. The molecular weight excluding hydrogens is 378 g/mol. The van der Waals surface area contributed by atoms with E-state index in [1.807, 2.05) is 44.2 Å². The van der Waals surface area contributed by atoms with Crippen molar-refractivity contribution in [1.82, 2.24) is 16.0 Å². The third-order valence-electron chi connectivity index (χ3n) is 4.02. The van der Waals surface area contributed by atoms with Crippen LogP contribution in [0.4, 0.5) is 4.79 Å². The van der Waals surface area contributed by atoms with Crippen molar-refractivity contribution in [3.8, 4) is 0 Å². The van der Waals surface area contributed by atoms with E-state index in [0.717, 1.165) is 5.56 Å². The Morgan fingerprint density at radius 2 is 1.59 bits per heavy atom. The van der Waals surface area contributed by atoms with Gasteiger partial charge in [-0.3, -0.25) is 9.59 Å². The van der Waals surface area contributed by atoms with E-state index in [9.17, 15) is 19.2 Å². The second-order valence-electron chi connectivity index (χ2n) is 6.87. The largest absolute Gasteiger partial charge is 0.467 e. The number of carbonyl (C=O) groups is 4. The van der Waals surface area contributed by atoms with Crippen LogP contribution in [-0.2, 0) is 30.3 Å². The van der Waals surface area contributed by atoms with Gasteiger partial charge < -0.3 is 25.4 Å². The van der Waals surface area contributed by atoms with Gasteiger partial charge in [0.15, 0.2) is 0 Å². The summed E-state index contributed by atoms with van der Waals surface area (Å²) in [6, 6.07) is 7.44. The van der Waals surface area contributed by atoms with E-state index in [-0.39, 0.29) is 18.9 Å². The van der Waals surface area contributed by atoms with Crippen LogP contribution >= 0.6 is 0 Å². The highest BCUT2D eigenvalue weighted by atomic mass is 16.5. The van der Waals surface area contributed by atoms with E-state index in [4.69, 9.17) is 4.74 Å². The Hall–Kier alpha value is -3.10. The number of nitrogens with one attached hydrogen (secondary N) is 3. The van der Waals surface area contributed by atoms with Crippen molar-refractivity contribution < 1.29 is 28.7 Å². The van der Waals surface area contributed by atoms with Crippen molar-refractivity contribution in [2.24, 2.45) is 5.92 Å². The molecule has 0 radical (unpaired) electrons. The maximum absolute atomic E-state index is 12.8. The van der Waals surface area contributed by atoms with Crippen molar-refractivity contribution in [2.45, 2.75) is 38.8 Å². The molecule has 3 amide bonds. The Morgan fingerprint density at radius 1 is 0.931 bits per heavy atom. The molecule has 1 rings (SSSR count). The van der Waals surface area contributed by atoms with Gasteiger partial charge in [-0.15, -0.1) is 0 Å². The lowest BCUT2D eigenvalue weighted by atomic mass is 10.0. The van der Waals surface area contributed by atoms with Crippen LogP contribution in [0.5, 0.6) is 0 Å². The number of alkyl carbamates (subject to hydrolysis) is 1. The third-order valence-corrected chi connectivity index (χ3v) is 4.02. The second-order valence-corrected chi connectivity index (χ2v) is 6.87. The van der Waals surface area contributed by atoms with Crippen molar-refractivity contribution in [1.29, 1.82) is 0 Å². The summed E-state index contributed by atoms with van der Waals surface area (Å²) in [4.78, 5) is 48.1. The average Bonchev–Trinajstić information content (AvgIpc) is 2.70. The van der Waals surface area contributed by atoms with E-state index in [1.54, 1.807) is 0 Å². The number of esters is 1. The number of methoxy groups -OCH3 is 2. The van der Waals surface area contributed by atoms with Crippen molar-refractivity contribution >= 4 is 23.9 Å². The highest BCUT2D eigenvalue weighted by Gasteiger charge is 2.28. The van der Waals surface area contributed by atoms with Crippen LogP contribution in [0.25, 0.3) is 0 Å². The van der Waals surface area contributed by atoms with Gasteiger partial charge in [-0.05, 0) is 17.9 Å². The van der Waals surface area contributed by atoms with Crippen LogP contribution < -0.4 is 16.0 Å². The molecule has 29 heavy (non-hydrogen) atoms. The van der Waals surface area contributed by atoms with E-state index >= 15 is 0 Å². The summed E-state index contributed by atoms with van der Waals surface area (Å²) in [5.41, 5.74) is 0.856. The van der Waals surface area contributed by atoms with Crippen LogP contribution in [-0.4, -0.2) is 56.7 Å². The fourth-order valence-electron chi connectivity index (χ4n) is 2.63. The molecule has 160 valence electrons. The maximum atomic E-state index is 12.8. The predicted octanol–water partition coefficient (Wildman–Crippen LogP) is 0.774. The minimum atomic E-state index is -0.894. The number of benzene rings is 1. The molecule has 3 N–H and O–H groups in total. The highest BCUT2D eigenvalue weighted by Crippen LogP contribution is 2.08. The quantitative estimate of drug-likeness (QED) is 0.493. The summed E-state index contributed by atoms with van der Waals surface area (Å²) in [5.74, 6) is -1.53. The number of ether oxygens (including phenoxy) is 2. The lowest BCUT2D eigenvalue weighted by Crippen LogP contribution is -2.54. The molecule has 0 saturated heterocycles. The molecule has 0 aliphatic carbocycles. The maximum Gasteiger partial charge on any atom is 0.407 e. The lowest BCUT2D eigenvalue weighted by Gasteiger charge is -2.23. The number of rotatable bonds is 10. The molecule has 0 heterocycles. The lowest BCUT2D eigenvalue weighted by molar-refractivity contribution is -0.145. The zero-order valence-electron chi connectivity index (χ0n) is 17.2. The fraction of sp³-hybridized carbons (Fsp3) is 0.500. The standard InChI is InChI=1S/C20H29N3O6/c1-13(2)10-15(22-17(24)12-21-20(27)29-4)18(25)23-16(19(26)28-3)11-14-8-6-5-7-9-14/h5-9,13,15-16H,10-12H2,1-4H3,(H,21,27)(H,22,24)(H,23,25)/t15-,16-/m0/s1. The van der Waals surface area contributed by atoms with E-state index in [0.29, 0.717) is 6.42 Å². The minimum absolute atomic E-state index is 0.102. The van der Waals surface area contributed by atoms with Crippen LogP contribution in [0, 0.1) is 5.92 Å². The monoisotopic (exact) mass is 407 g/mol. The van der Waals surface area contributed by atoms with Gasteiger partial charge in [0.2, 0.25) is 11.8 Å². The third kappa shape index (κ3) is 9.09. The van der Waals surface area contributed by atoms with Crippen LogP contribution in [0.2, 0.25) is 0 Å². The molecule has 9 heteroatoms. The summed E-state index contributed by atoms with van der Waals surface area (Å²) >= 11 is 0. The summed E-state index contributed by atoms with van der Waals surface area (Å²) in [7, 11) is 2.43. The van der Waals surface area contributed by atoms with Crippen molar-refractivity contribution in [3.63, 3.8) is 0 Å². The van der Waals surface area contributed by atoms with Gasteiger partial charge in [-0.2, -0.15) is 0 Å². The number of hydrogen-bond donors (Lipinski definition) is 3. The van der Waals surface area contributed by atoms with Crippen molar-refractivity contribution in [2.75, 3.05) is 20.8 Å². The molecule has 0 aromatic heterocycles. The van der Waals surface area contributed by atoms with E-state index in [2.05, 4.69) is 20.7 Å². The van der Waals surface area contributed by atoms with Gasteiger partial charge in [0.25, 0.3) is 0 Å². The predicted molar refractivity (Wildman–Crippen MR) is 106 cm³/mol. The first-order valence-corrected chi connectivity index (χ1v) is 9.30. The molecule has 0 aliphatic heterocycles. The fourth-order valence-corrected chi connectivity index (χ4v) is 2.63. The van der Waals surface area contributed by atoms with Gasteiger partial charge in [-0.25, -0.2) is 9.59 Å². The molecular formula is C20H29N3O6. The average molecular weight is 407 g/mol. The number of hydrogen-bond acceptors (Lipinski definition) is 6. The summed E-state index contributed by atoms with van der Waals surface area (Å²) in [6.45, 7) is 3.47. The molecule has 0 fully saturated rings. The van der Waals surface area contributed by atoms with Crippen LogP contribution in [0.1, 0.15) is 25.8 Å². The number of carbonyl (C=O) groups excluding carboxylic acids is 4. The number of amides is 3. The highest BCUT2D eigenvalue weighted by molar-refractivity contribution is 5.91. The SMILES string of the molecule is COC(=O)NCC(=O)N[C@@H](CC(C)C)C(=O)N[C@@H](Cc1ccccc1)C(=O)OC. The normalized spacial score (nSPS) is 12.4. The Labute approximate surface area is 170 Å². The first-order chi connectivity index (χ1) is 13.8. The molecule has 9 nitrogen and oxygen atoms in total. The zero-order valence-corrected chi connectivity index (χ0v) is 17.2. The molecule has 0 unspecified atom stereocenters. The first kappa shape index (κ1) is 23.9. The molecule has 0 saturated carbocycles. The summed E-state index contributed by atoms with van der Waals surface area (Å²) < 4.78 is 9.21. The van der Waals surface area contributed by atoms with Gasteiger partial charge in [0.05, 0.1) is 14.2 Å². The Kier molecular flexibility index (Phi) is 10.2. The van der Waals surface area contributed by atoms with Gasteiger partial charge in [0.1, 0.15) is 18.6 Å². The molecule has 2 atom stereocenters. The molecule has 1 aromatic carbocycles. The summed E-state index contributed by atoms with van der Waals surface area (Å²) in [6.07, 6.45) is -0.140. The topological polar surface area (TPSA) is 123 Å².